The van der Waals surface area contributed by atoms with E-state index in [0.29, 0.717) is 0 Å². The second-order valence-corrected chi connectivity index (χ2v) is 8.26. The summed E-state index contributed by atoms with van der Waals surface area (Å²) in [6.45, 7) is -2.06. The number of carbonyl (C=O) groups excluding carboxylic acids is 1. The quantitative estimate of drug-likeness (QED) is 0.262. The van der Waals surface area contributed by atoms with Crippen molar-refractivity contribution >= 4 is 16.9 Å². The van der Waals surface area contributed by atoms with Crippen molar-refractivity contribution in [1.82, 2.24) is 0 Å². The van der Waals surface area contributed by atoms with Crippen LogP contribution in [0.1, 0.15) is 10.4 Å². The smallest absolute Gasteiger partial charge is 0.455 e. The van der Waals surface area contributed by atoms with E-state index in [9.17, 15) is 26.7 Å². The minimum Gasteiger partial charge on any atom is -0.455 e. The maximum absolute atomic E-state index is 13.0. The summed E-state index contributed by atoms with van der Waals surface area (Å²) in [7, 11) is -0.487. The van der Waals surface area contributed by atoms with Crippen LogP contribution in [0.3, 0.4) is 0 Å². The van der Waals surface area contributed by atoms with Crippen molar-refractivity contribution in [2.75, 3.05) is 6.61 Å². The number of hydrogen-bond acceptors (Lipinski definition) is 2. The number of benzene rings is 3. The van der Waals surface area contributed by atoms with Crippen LogP contribution in [0.2, 0.25) is 0 Å². The SMILES string of the molecule is O=C(OCC(F)(F)C(F)(F)F)c1ccc([S+](c2ccccc2)c2ccccc2)cc1. The van der Waals surface area contributed by atoms with Gasteiger partial charge in [-0.1, -0.05) is 36.4 Å². The summed E-state index contributed by atoms with van der Waals surface area (Å²) in [6.07, 6.45) is -5.78. The maximum Gasteiger partial charge on any atom is 0.456 e. The molecule has 30 heavy (non-hydrogen) atoms. The van der Waals surface area contributed by atoms with Gasteiger partial charge in [0.25, 0.3) is 0 Å². The van der Waals surface area contributed by atoms with Gasteiger partial charge in [-0.15, -0.1) is 0 Å². The fourth-order valence-electron chi connectivity index (χ4n) is 2.57. The van der Waals surface area contributed by atoms with Gasteiger partial charge in [-0.05, 0) is 48.5 Å². The van der Waals surface area contributed by atoms with Gasteiger partial charge in [-0.3, -0.25) is 0 Å². The molecule has 0 aliphatic carbocycles. The Labute approximate surface area is 172 Å². The van der Waals surface area contributed by atoms with Crippen molar-refractivity contribution in [3.05, 3.63) is 90.5 Å². The van der Waals surface area contributed by atoms with Gasteiger partial charge in [0.15, 0.2) is 21.3 Å². The topological polar surface area (TPSA) is 26.3 Å². The van der Waals surface area contributed by atoms with Gasteiger partial charge in [0.1, 0.15) is 0 Å². The molecule has 0 spiro atoms. The molecule has 3 rings (SSSR count). The van der Waals surface area contributed by atoms with E-state index in [-0.39, 0.29) is 5.56 Å². The molecule has 0 aliphatic heterocycles. The molecule has 0 N–H and O–H groups in total. The van der Waals surface area contributed by atoms with Gasteiger partial charge in [0.05, 0.1) is 16.5 Å². The zero-order valence-corrected chi connectivity index (χ0v) is 16.2. The highest BCUT2D eigenvalue weighted by Crippen LogP contribution is 2.36. The molecule has 0 radical (unpaired) electrons. The van der Waals surface area contributed by atoms with E-state index in [1.165, 1.54) is 12.1 Å². The lowest BCUT2D eigenvalue weighted by Crippen LogP contribution is -2.41. The third-order valence-electron chi connectivity index (χ3n) is 4.08. The summed E-state index contributed by atoms with van der Waals surface area (Å²) in [6, 6.07) is 25.3. The van der Waals surface area contributed by atoms with Crippen molar-refractivity contribution in [3.63, 3.8) is 0 Å². The molecule has 156 valence electrons. The summed E-state index contributed by atoms with van der Waals surface area (Å²) >= 11 is 0. The lowest BCUT2D eigenvalue weighted by molar-refractivity contribution is -0.292. The molecule has 0 unspecified atom stereocenters. The molecule has 0 amide bonds. The first kappa shape index (κ1) is 21.8. The second kappa shape index (κ2) is 8.87. The first-order valence-electron chi connectivity index (χ1n) is 8.75. The molecule has 0 atom stereocenters. The summed E-state index contributed by atoms with van der Waals surface area (Å²) in [5.74, 6) is -6.35. The van der Waals surface area contributed by atoms with E-state index in [2.05, 4.69) is 4.74 Å². The average molecular weight is 439 g/mol. The number of alkyl halides is 5. The number of esters is 1. The van der Waals surface area contributed by atoms with Crippen molar-refractivity contribution < 1.29 is 31.5 Å². The molecule has 0 saturated heterocycles. The van der Waals surface area contributed by atoms with E-state index in [4.69, 9.17) is 0 Å². The molecule has 2 nitrogen and oxygen atoms in total. The van der Waals surface area contributed by atoms with Crippen LogP contribution in [0.15, 0.2) is 99.6 Å². The van der Waals surface area contributed by atoms with E-state index in [1.807, 2.05) is 60.7 Å². The standard InChI is InChI=1S/C22H16F5O2S/c23-21(24,22(25,26)27)15-29-20(28)16-11-13-19(14-12-16)30(17-7-3-1-4-8-17)18-9-5-2-6-10-18/h1-14H,15H2/q+1. The molecule has 0 aromatic heterocycles. The number of rotatable bonds is 6. The van der Waals surface area contributed by atoms with E-state index in [0.717, 1.165) is 14.7 Å². The summed E-state index contributed by atoms with van der Waals surface area (Å²) in [5.41, 5.74) is -0.110. The Balaban J connectivity index is 1.81. The largest absolute Gasteiger partial charge is 0.456 e. The number of carbonyl (C=O) groups is 1. The number of halogens is 5. The van der Waals surface area contributed by atoms with Gasteiger partial charge < -0.3 is 4.74 Å². The van der Waals surface area contributed by atoms with Crippen LogP contribution < -0.4 is 0 Å². The zero-order chi connectivity index (χ0) is 21.8. The average Bonchev–Trinajstić information content (AvgIpc) is 2.73. The highest BCUT2D eigenvalue weighted by Gasteiger charge is 2.58. The summed E-state index contributed by atoms with van der Waals surface area (Å²) < 4.78 is 66.7. The fourth-order valence-corrected chi connectivity index (χ4v) is 4.65. The summed E-state index contributed by atoms with van der Waals surface area (Å²) in [4.78, 5) is 14.8. The zero-order valence-electron chi connectivity index (χ0n) is 15.4. The van der Waals surface area contributed by atoms with Crippen LogP contribution in [0.4, 0.5) is 22.0 Å². The Morgan fingerprint density at radius 2 is 1.13 bits per heavy atom. The van der Waals surface area contributed by atoms with E-state index < -0.39 is 35.6 Å². The number of hydrogen-bond donors (Lipinski definition) is 0. The van der Waals surface area contributed by atoms with Gasteiger partial charge in [0.2, 0.25) is 0 Å². The monoisotopic (exact) mass is 439 g/mol. The molecule has 8 heteroatoms. The van der Waals surface area contributed by atoms with E-state index >= 15 is 0 Å². The highest BCUT2D eigenvalue weighted by molar-refractivity contribution is 7.97. The lowest BCUT2D eigenvalue weighted by atomic mass is 10.2. The van der Waals surface area contributed by atoms with Crippen LogP contribution in [0, 0.1) is 0 Å². The van der Waals surface area contributed by atoms with Crippen LogP contribution in [0.5, 0.6) is 0 Å². The molecule has 3 aromatic rings. The molecule has 0 aliphatic rings. The Kier molecular flexibility index (Phi) is 6.45. The molecule has 0 saturated carbocycles. The predicted molar refractivity (Wildman–Crippen MR) is 103 cm³/mol. The lowest BCUT2D eigenvalue weighted by Gasteiger charge is -2.19. The minimum absolute atomic E-state index is 0.110. The van der Waals surface area contributed by atoms with Gasteiger partial charge in [0, 0.05) is 0 Å². The highest BCUT2D eigenvalue weighted by atomic mass is 32.2. The normalized spacial score (nSPS) is 12.1. The first-order chi connectivity index (χ1) is 14.2. The Morgan fingerprint density at radius 1 is 0.700 bits per heavy atom. The van der Waals surface area contributed by atoms with E-state index in [1.54, 1.807) is 12.1 Å². The maximum atomic E-state index is 13.0. The van der Waals surface area contributed by atoms with Crippen LogP contribution in [0.25, 0.3) is 0 Å². The second-order valence-electron chi connectivity index (χ2n) is 6.24. The molecule has 0 bridgehead atoms. The Hall–Kier alpha value is -2.87. The van der Waals surface area contributed by atoms with Crippen LogP contribution in [-0.4, -0.2) is 24.7 Å². The first-order valence-corrected chi connectivity index (χ1v) is 9.98. The molecule has 3 aromatic carbocycles. The molecular formula is C22H16F5O2S+. The van der Waals surface area contributed by atoms with Crippen molar-refractivity contribution in [1.29, 1.82) is 0 Å². The van der Waals surface area contributed by atoms with Gasteiger partial charge >= 0.3 is 18.1 Å². The third kappa shape index (κ3) is 4.99. The summed E-state index contributed by atoms with van der Waals surface area (Å²) in [5, 5.41) is 0. The van der Waals surface area contributed by atoms with Gasteiger partial charge in [-0.2, -0.15) is 22.0 Å². The Morgan fingerprint density at radius 3 is 1.57 bits per heavy atom. The fraction of sp³-hybridized carbons (Fsp3) is 0.136. The Bertz CT molecular complexity index is 934. The van der Waals surface area contributed by atoms with Crippen molar-refractivity contribution in [2.45, 2.75) is 26.8 Å². The minimum atomic E-state index is -5.78. The predicted octanol–water partition coefficient (Wildman–Crippen LogP) is 6.14. The third-order valence-corrected chi connectivity index (χ3v) is 6.31. The van der Waals surface area contributed by atoms with Crippen molar-refractivity contribution in [3.8, 4) is 0 Å². The number of ether oxygens (including phenoxy) is 1. The van der Waals surface area contributed by atoms with Gasteiger partial charge in [-0.25, -0.2) is 4.79 Å². The van der Waals surface area contributed by atoms with Crippen LogP contribution >= 0.6 is 0 Å². The van der Waals surface area contributed by atoms with Crippen molar-refractivity contribution in [2.24, 2.45) is 0 Å². The van der Waals surface area contributed by atoms with Crippen LogP contribution in [-0.2, 0) is 15.6 Å². The molecule has 0 heterocycles. The molecule has 0 fully saturated rings. The molecular weight excluding hydrogens is 423 g/mol.